The minimum atomic E-state index is -0.512. The van der Waals surface area contributed by atoms with E-state index in [9.17, 15) is 9.59 Å². The van der Waals surface area contributed by atoms with Crippen LogP contribution in [0.1, 0.15) is 44.7 Å². The van der Waals surface area contributed by atoms with Crippen molar-refractivity contribution in [2.24, 2.45) is 0 Å². The predicted molar refractivity (Wildman–Crippen MR) is 116 cm³/mol. The van der Waals surface area contributed by atoms with Gasteiger partial charge in [-0.3, -0.25) is 9.59 Å². The summed E-state index contributed by atoms with van der Waals surface area (Å²) in [6.07, 6.45) is 1.67. The molecular formula is C24H32N2O3. The van der Waals surface area contributed by atoms with Gasteiger partial charge in [-0.15, -0.1) is 0 Å². The Morgan fingerprint density at radius 3 is 2.17 bits per heavy atom. The van der Waals surface area contributed by atoms with Crippen LogP contribution in [0.5, 0.6) is 5.75 Å². The lowest BCUT2D eigenvalue weighted by Gasteiger charge is -2.31. The van der Waals surface area contributed by atoms with Gasteiger partial charge in [-0.2, -0.15) is 0 Å². The number of hydrogen-bond acceptors (Lipinski definition) is 3. The zero-order valence-corrected chi connectivity index (χ0v) is 17.9. The Kier molecular flexibility index (Phi) is 8.71. The van der Waals surface area contributed by atoms with E-state index in [1.165, 1.54) is 0 Å². The lowest BCUT2D eigenvalue weighted by Crippen LogP contribution is -2.51. The Morgan fingerprint density at radius 2 is 1.62 bits per heavy atom. The molecule has 0 heterocycles. The number of hydrogen-bond donors (Lipinski definition) is 1. The van der Waals surface area contributed by atoms with E-state index >= 15 is 0 Å². The Hall–Kier alpha value is -2.82. The minimum Gasteiger partial charge on any atom is -0.497 e. The Balaban J connectivity index is 2.26. The number of nitrogens with one attached hydrogen (secondary N) is 1. The van der Waals surface area contributed by atoms with Crippen LogP contribution in [-0.4, -0.2) is 35.9 Å². The molecule has 29 heavy (non-hydrogen) atoms. The van der Waals surface area contributed by atoms with E-state index < -0.39 is 6.04 Å². The third kappa shape index (κ3) is 6.63. The summed E-state index contributed by atoms with van der Waals surface area (Å²) in [5.41, 5.74) is 1.90. The highest BCUT2D eigenvalue weighted by Crippen LogP contribution is 2.17. The summed E-state index contributed by atoms with van der Waals surface area (Å²) in [7, 11) is 1.62. The van der Waals surface area contributed by atoms with Crippen LogP contribution in [0.2, 0.25) is 0 Å². The summed E-state index contributed by atoms with van der Waals surface area (Å²) >= 11 is 0. The number of benzene rings is 2. The van der Waals surface area contributed by atoms with Crippen molar-refractivity contribution in [2.45, 2.75) is 58.7 Å². The zero-order valence-electron chi connectivity index (χ0n) is 17.9. The van der Waals surface area contributed by atoms with Gasteiger partial charge in [0.05, 0.1) is 13.5 Å². The first-order chi connectivity index (χ1) is 14.0. The van der Waals surface area contributed by atoms with Crippen molar-refractivity contribution in [2.75, 3.05) is 7.11 Å². The van der Waals surface area contributed by atoms with E-state index in [1.807, 2.05) is 75.4 Å². The number of nitrogens with zero attached hydrogens (tertiary/aromatic N) is 1. The fourth-order valence-corrected chi connectivity index (χ4v) is 3.16. The van der Waals surface area contributed by atoms with Crippen molar-refractivity contribution >= 4 is 11.8 Å². The molecule has 0 saturated carbocycles. The Bertz CT molecular complexity index is 774. The van der Waals surface area contributed by atoms with E-state index in [1.54, 1.807) is 12.0 Å². The van der Waals surface area contributed by atoms with Gasteiger partial charge < -0.3 is 15.0 Å². The summed E-state index contributed by atoms with van der Waals surface area (Å²) in [6.45, 7) is 6.32. The summed E-state index contributed by atoms with van der Waals surface area (Å²) in [5.74, 6) is 0.604. The second-order valence-corrected chi connectivity index (χ2v) is 7.27. The van der Waals surface area contributed by atoms with Gasteiger partial charge in [0.15, 0.2) is 0 Å². The van der Waals surface area contributed by atoms with Gasteiger partial charge in [-0.1, -0.05) is 56.3 Å². The van der Waals surface area contributed by atoms with Crippen molar-refractivity contribution in [3.63, 3.8) is 0 Å². The molecule has 0 unspecified atom stereocenters. The second kappa shape index (κ2) is 11.2. The molecule has 2 rings (SSSR count). The van der Waals surface area contributed by atoms with E-state index in [-0.39, 0.29) is 24.3 Å². The molecule has 5 heteroatoms. The van der Waals surface area contributed by atoms with Crippen molar-refractivity contribution in [3.8, 4) is 5.75 Å². The molecule has 0 aliphatic carbocycles. The van der Waals surface area contributed by atoms with Gasteiger partial charge in [0.2, 0.25) is 11.8 Å². The molecule has 156 valence electrons. The van der Waals surface area contributed by atoms with Gasteiger partial charge >= 0.3 is 0 Å². The Morgan fingerprint density at radius 1 is 0.966 bits per heavy atom. The molecule has 0 spiro atoms. The number of amides is 2. The zero-order chi connectivity index (χ0) is 21.2. The van der Waals surface area contributed by atoms with Crippen LogP contribution >= 0.6 is 0 Å². The van der Waals surface area contributed by atoms with Gasteiger partial charge in [-0.05, 0) is 43.0 Å². The molecule has 0 bridgehead atoms. The molecule has 2 aromatic rings. The van der Waals surface area contributed by atoms with Crippen LogP contribution in [0.4, 0.5) is 0 Å². The van der Waals surface area contributed by atoms with Crippen LogP contribution in [0.3, 0.4) is 0 Å². The van der Waals surface area contributed by atoms with Crippen molar-refractivity contribution in [1.82, 2.24) is 10.2 Å². The molecule has 0 aliphatic rings. The maximum absolute atomic E-state index is 13.2. The molecule has 5 nitrogen and oxygen atoms in total. The normalized spacial score (nSPS) is 12.7. The number of carbonyl (C=O) groups excluding carboxylic acids is 2. The number of carbonyl (C=O) groups is 2. The first-order valence-electron chi connectivity index (χ1n) is 10.2. The Labute approximate surface area is 174 Å². The highest BCUT2D eigenvalue weighted by atomic mass is 16.5. The minimum absolute atomic E-state index is 0.0573. The fourth-order valence-electron chi connectivity index (χ4n) is 3.16. The molecule has 0 radical (unpaired) electrons. The van der Waals surface area contributed by atoms with E-state index in [0.29, 0.717) is 13.0 Å². The summed E-state index contributed by atoms with van der Waals surface area (Å²) < 4.78 is 5.22. The number of rotatable bonds is 10. The smallest absolute Gasteiger partial charge is 0.243 e. The molecule has 1 N–H and O–H groups in total. The van der Waals surface area contributed by atoms with Gasteiger partial charge in [0.1, 0.15) is 11.8 Å². The van der Waals surface area contributed by atoms with Crippen LogP contribution < -0.4 is 10.1 Å². The van der Waals surface area contributed by atoms with Gasteiger partial charge in [-0.25, -0.2) is 0 Å². The quantitative estimate of drug-likeness (QED) is 0.661. The van der Waals surface area contributed by atoms with Crippen LogP contribution in [0.25, 0.3) is 0 Å². The average Bonchev–Trinajstić information content (AvgIpc) is 2.74. The summed E-state index contributed by atoms with van der Waals surface area (Å²) in [4.78, 5) is 27.8. The lowest BCUT2D eigenvalue weighted by atomic mass is 10.1. The molecular weight excluding hydrogens is 364 g/mol. The van der Waals surface area contributed by atoms with Crippen LogP contribution in [-0.2, 0) is 22.6 Å². The van der Waals surface area contributed by atoms with Gasteiger partial charge in [0.25, 0.3) is 0 Å². The van der Waals surface area contributed by atoms with Crippen LogP contribution in [0, 0.1) is 0 Å². The first-order valence-corrected chi connectivity index (χ1v) is 10.2. The second-order valence-electron chi connectivity index (χ2n) is 7.27. The van der Waals surface area contributed by atoms with E-state index in [4.69, 9.17) is 4.74 Å². The van der Waals surface area contributed by atoms with E-state index in [0.717, 1.165) is 23.3 Å². The van der Waals surface area contributed by atoms with Crippen molar-refractivity contribution in [1.29, 1.82) is 0 Å². The number of methoxy groups -OCH3 is 1. The maximum atomic E-state index is 13.2. The summed E-state index contributed by atoms with van der Waals surface area (Å²) in [6, 6.07) is 16.8. The molecule has 2 amide bonds. The molecule has 0 saturated heterocycles. The largest absolute Gasteiger partial charge is 0.497 e. The topological polar surface area (TPSA) is 58.6 Å². The SMILES string of the molecule is CC[C@@H](C)NC(=O)[C@H](CC)N(Cc1ccc(OC)cc1)C(=O)Cc1ccccc1. The highest BCUT2D eigenvalue weighted by molar-refractivity contribution is 5.88. The molecule has 2 atom stereocenters. The standard InChI is InChI=1S/C24H32N2O3/c1-5-18(3)25-24(28)22(6-2)26(17-20-12-14-21(29-4)15-13-20)23(27)16-19-10-8-7-9-11-19/h7-15,18,22H,5-6,16-17H2,1-4H3,(H,25,28)/t18-,22+/m1/s1. The van der Waals surface area contributed by atoms with E-state index in [2.05, 4.69) is 5.32 Å². The van der Waals surface area contributed by atoms with Crippen molar-refractivity contribution < 1.29 is 14.3 Å². The van der Waals surface area contributed by atoms with Crippen molar-refractivity contribution in [3.05, 3.63) is 65.7 Å². The summed E-state index contributed by atoms with van der Waals surface area (Å²) in [5, 5.41) is 3.03. The monoisotopic (exact) mass is 396 g/mol. The molecule has 2 aromatic carbocycles. The molecule has 0 aliphatic heterocycles. The van der Waals surface area contributed by atoms with Gasteiger partial charge in [0, 0.05) is 12.6 Å². The fraction of sp³-hybridized carbons (Fsp3) is 0.417. The van der Waals surface area contributed by atoms with Crippen LogP contribution in [0.15, 0.2) is 54.6 Å². The first kappa shape index (κ1) is 22.5. The lowest BCUT2D eigenvalue weighted by molar-refractivity contribution is -0.141. The average molecular weight is 397 g/mol. The predicted octanol–water partition coefficient (Wildman–Crippen LogP) is 3.96. The number of ether oxygens (including phenoxy) is 1. The highest BCUT2D eigenvalue weighted by Gasteiger charge is 2.29. The third-order valence-electron chi connectivity index (χ3n) is 5.10. The molecule has 0 aromatic heterocycles. The molecule has 0 fully saturated rings. The third-order valence-corrected chi connectivity index (χ3v) is 5.10. The maximum Gasteiger partial charge on any atom is 0.243 e.